The molecule has 2 atom stereocenters. The Labute approximate surface area is 143 Å². The molecule has 1 N–H and O–H groups in total. The summed E-state index contributed by atoms with van der Waals surface area (Å²) in [4.78, 5) is 23.0. The summed E-state index contributed by atoms with van der Waals surface area (Å²) < 4.78 is 57.6. The smallest absolute Gasteiger partial charge is 0.330 e. The zero-order valence-corrected chi connectivity index (χ0v) is 13.8. The molecule has 0 amide bonds. The van der Waals surface area contributed by atoms with Crippen molar-refractivity contribution >= 4 is 27.7 Å². The fourth-order valence-corrected chi connectivity index (χ4v) is 2.72. The van der Waals surface area contributed by atoms with Gasteiger partial charge in [0, 0.05) is 24.6 Å². The third kappa shape index (κ3) is 3.67. The molecule has 0 heterocycles. The lowest BCUT2D eigenvalue weighted by Gasteiger charge is -2.09. The minimum Gasteiger partial charge on any atom is -0.461 e. The van der Waals surface area contributed by atoms with E-state index in [9.17, 15) is 27.2 Å². The quantitative estimate of drug-likeness (QED) is 0.143. The number of rotatable bonds is 7. The van der Waals surface area contributed by atoms with Crippen molar-refractivity contribution in [3.8, 4) is 0 Å². The summed E-state index contributed by atoms with van der Waals surface area (Å²) in [6.07, 6.45) is 1.32. The first-order chi connectivity index (χ1) is 11.3. The lowest BCUT2D eigenvalue weighted by Crippen LogP contribution is -2.26. The van der Waals surface area contributed by atoms with Gasteiger partial charge in [-0.15, -0.1) is 0 Å². The van der Waals surface area contributed by atoms with E-state index in [1.165, 1.54) is 0 Å². The molecule has 2 unspecified atom stereocenters. The van der Waals surface area contributed by atoms with Crippen LogP contribution >= 0.6 is 15.9 Å². The van der Waals surface area contributed by atoms with Crippen molar-refractivity contribution in [3.63, 3.8) is 0 Å². The number of ether oxygens (including phenoxy) is 1. The molecule has 1 saturated carbocycles. The highest BCUT2D eigenvalue weighted by atomic mass is 79.9. The number of nitrogens with one attached hydrogen (secondary N) is 1. The van der Waals surface area contributed by atoms with E-state index in [1.807, 2.05) is 0 Å². The monoisotopic (exact) mass is 409 g/mol. The molecule has 130 valence electrons. The van der Waals surface area contributed by atoms with Crippen LogP contribution in [0.4, 0.5) is 17.6 Å². The van der Waals surface area contributed by atoms with Gasteiger partial charge in [-0.25, -0.2) is 22.4 Å². The molecule has 1 aliphatic carbocycles. The fraction of sp³-hybridized carbons (Fsp3) is 0.333. The molecule has 0 saturated heterocycles. The summed E-state index contributed by atoms with van der Waals surface area (Å²) >= 11 is 2.59. The average Bonchev–Trinajstić information content (AvgIpc) is 3.34. The molecule has 0 radical (unpaired) electrons. The Morgan fingerprint density at radius 1 is 1.21 bits per heavy atom. The number of carbonyl (C=O) groups is 2. The molecule has 0 aliphatic heterocycles. The second-order valence-electron chi connectivity index (χ2n) is 5.08. The van der Waals surface area contributed by atoms with E-state index in [-0.39, 0.29) is 19.2 Å². The van der Waals surface area contributed by atoms with Crippen LogP contribution in [0.5, 0.6) is 0 Å². The number of benzene rings is 1. The van der Waals surface area contributed by atoms with Crippen molar-refractivity contribution in [1.29, 1.82) is 0 Å². The molecule has 24 heavy (non-hydrogen) atoms. The Kier molecular flexibility index (Phi) is 5.76. The highest BCUT2D eigenvalue weighted by molar-refractivity contribution is 9.10. The maximum atomic E-state index is 13.8. The Morgan fingerprint density at radius 2 is 1.83 bits per heavy atom. The third-order valence-electron chi connectivity index (χ3n) is 3.50. The highest BCUT2D eigenvalue weighted by Crippen LogP contribution is 2.38. The van der Waals surface area contributed by atoms with Crippen LogP contribution in [0.15, 0.2) is 17.1 Å². The zero-order chi connectivity index (χ0) is 18.0. The second-order valence-corrected chi connectivity index (χ2v) is 5.88. The summed E-state index contributed by atoms with van der Waals surface area (Å²) in [5, 5.41) is 2.88. The number of esters is 1. The molecule has 0 bridgehead atoms. The average molecular weight is 410 g/mol. The number of carbonyl (C=O) groups excluding carboxylic acids is 2. The van der Waals surface area contributed by atoms with E-state index >= 15 is 0 Å². The lowest BCUT2D eigenvalue weighted by molar-refractivity contribution is -0.137. The molecule has 2 rings (SSSR count). The predicted molar refractivity (Wildman–Crippen MR) is 79.4 cm³/mol. The number of hydrogen-bond acceptors (Lipinski definition) is 4. The molecule has 9 heteroatoms. The van der Waals surface area contributed by atoms with Crippen LogP contribution in [0, 0.1) is 29.2 Å². The summed E-state index contributed by atoms with van der Waals surface area (Å²) in [5.41, 5.74) is -0.848. The van der Waals surface area contributed by atoms with Gasteiger partial charge in [0.25, 0.3) is 0 Å². The minimum atomic E-state index is -2.03. The van der Waals surface area contributed by atoms with Gasteiger partial charge in [0.05, 0.1) is 10.0 Å². The van der Waals surface area contributed by atoms with Crippen molar-refractivity contribution in [3.05, 3.63) is 46.0 Å². The predicted octanol–water partition coefficient (Wildman–Crippen LogP) is 2.90. The van der Waals surface area contributed by atoms with Crippen LogP contribution in [0.3, 0.4) is 0 Å². The van der Waals surface area contributed by atoms with Gasteiger partial charge in [0.15, 0.2) is 29.1 Å². The van der Waals surface area contributed by atoms with Crippen LogP contribution in [0.1, 0.15) is 16.8 Å². The summed E-state index contributed by atoms with van der Waals surface area (Å²) in [6.45, 7) is 3.51. The largest absolute Gasteiger partial charge is 0.461 e. The molecule has 4 nitrogen and oxygen atoms in total. The summed E-state index contributed by atoms with van der Waals surface area (Å²) in [7, 11) is 0. The van der Waals surface area contributed by atoms with Crippen molar-refractivity contribution in [1.82, 2.24) is 5.32 Å². The van der Waals surface area contributed by atoms with Crippen molar-refractivity contribution < 1.29 is 31.9 Å². The molecular weight excluding hydrogens is 398 g/mol. The number of Topliss-reactive ketones (excluding diaryl/α,β-unsaturated/α-hetero) is 1. The van der Waals surface area contributed by atoms with Gasteiger partial charge >= 0.3 is 5.97 Å². The van der Waals surface area contributed by atoms with Gasteiger partial charge in [-0.05, 0) is 22.4 Å². The third-order valence-corrected chi connectivity index (χ3v) is 4.25. The Balaban J connectivity index is 2.00. The molecule has 0 spiro atoms. The standard InChI is InChI=1S/C15H12BrF4NO3/c1-2-8(22)24-4-3-21-7-5-6(7)15(23)9-10(16)12(18)14(20)13(19)11(9)17/h2,6-7,21H,1,3-5H2. The van der Waals surface area contributed by atoms with Gasteiger partial charge in [-0.1, -0.05) is 6.58 Å². The molecule has 1 aromatic rings. The Hall–Kier alpha value is -1.74. The summed E-state index contributed by atoms with van der Waals surface area (Å²) in [5.74, 6) is -9.52. The van der Waals surface area contributed by atoms with Gasteiger partial charge in [-0.2, -0.15) is 0 Å². The Morgan fingerprint density at radius 3 is 2.46 bits per heavy atom. The van der Waals surface area contributed by atoms with Crippen LogP contribution in [0.25, 0.3) is 0 Å². The van der Waals surface area contributed by atoms with E-state index in [0.717, 1.165) is 6.08 Å². The van der Waals surface area contributed by atoms with E-state index < -0.39 is 51.0 Å². The van der Waals surface area contributed by atoms with E-state index in [0.29, 0.717) is 6.42 Å². The minimum absolute atomic E-state index is 0.0418. The molecule has 1 aliphatic rings. The van der Waals surface area contributed by atoms with E-state index in [2.05, 4.69) is 27.8 Å². The number of ketones is 1. The van der Waals surface area contributed by atoms with E-state index in [4.69, 9.17) is 4.74 Å². The maximum Gasteiger partial charge on any atom is 0.330 e. The second kappa shape index (κ2) is 7.43. The highest BCUT2D eigenvalue weighted by Gasteiger charge is 2.45. The molecular formula is C15H12BrF4NO3. The normalized spacial score (nSPS) is 19.0. The fourth-order valence-electron chi connectivity index (χ4n) is 2.17. The van der Waals surface area contributed by atoms with E-state index in [1.54, 1.807) is 0 Å². The van der Waals surface area contributed by atoms with Crippen LogP contribution in [-0.2, 0) is 9.53 Å². The number of hydrogen-bond donors (Lipinski definition) is 1. The lowest BCUT2D eigenvalue weighted by atomic mass is 10.1. The first-order valence-electron chi connectivity index (χ1n) is 6.87. The van der Waals surface area contributed by atoms with Gasteiger partial charge in [0.1, 0.15) is 6.61 Å². The van der Waals surface area contributed by atoms with Gasteiger partial charge in [-0.3, -0.25) is 4.79 Å². The number of halogens is 5. The van der Waals surface area contributed by atoms with Gasteiger partial charge in [0.2, 0.25) is 0 Å². The maximum absolute atomic E-state index is 13.8. The van der Waals surface area contributed by atoms with Crippen LogP contribution in [-0.4, -0.2) is 30.9 Å². The topological polar surface area (TPSA) is 55.4 Å². The SMILES string of the molecule is C=CC(=O)OCCNC1CC1C(=O)c1c(F)c(F)c(F)c(F)c1Br. The molecule has 1 fully saturated rings. The molecule has 0 aromatic heterocycles. The first-order valence-corrected chi connectivity index (χ1v) is 7.67. The van der Waals surface area contributed by atoms with Crippen LogP contribution < -0.4 is 5.32 Å². The van der Waals surface area contributed by atoms with Crippen molar-refractivity contribution in [2.24, 2.45) is 5.92 Å². The van der Waals surface area contributed by atoms with Crippen molar-refractivity contribution in [2.45, 2.75) is 12.5 Å². The first kappa shape index (κ1) is 18.6. The molecule has 1 aromatic carbocycles. The summed E-state index contributed by atoms with van der Waals surface area (Å²) in [6, 6.07) is -0.345. The van der Waals surface area contributed by atoms with Crippen LogP contribution in [0.2, 0.25) is 0 Å². The zero-order valence-electron chi connectivity index (χ0n) is 12.2. The Bertz CT molecular complexity index is 681. The van der Waals surface area contributed by atoms with Crippen molar-refractivity contribution in [2.75, 3.05) is 13.2 Å². The van der Waals surface area contributed by atoms with Gasteiger partial charge < -0.3 is 10.1 Å².